The molecule has 1 saturated heterocycles. The van der Waals surface area contributed by atoms with Gasteiger partial charge in [0, 0.05) is 36.5 Å². The SMILES string of the molecule is CCNC(=NCC1CCCN(C)C1c1cccc(Cl)c1)NC(C)CCS(C)(=O)=O.I. The number of rotatable bonds is 8. The van der Waals surface area contributed by atoms with Gasteiger partial charge < -0.3 is 10.6 Å². The van der Waals surface area contributed by atoms with Crippen LogP contribution in [-0.2, 0) is 9.84 Å². The van der Waals surface area contributed by atoms with E-state index in [1.807, 2.05) is 26.0 Å². The third-order valence-electron chi connectivity index (χ3n) is 5.33. The first-order valence-electron chi connectivity index (χ1n) is 10.4. The molecule has 1 aliphatic heterocycles. The molecule has 2 rings (SSSR count). The Hall–Kier alpha value is -0.580. The highest BCUT2D eigenvalue weighted by atomic mass is 127. The van der Waals surface area contributed by atoms with E-state index >= 15 is 0 Å². The zero-order valence-electron chi connectivity index (χ0n) is 18.4. The van der Waals surface area contributed by atoms with Gasteiger partial charge in [0.15, 0.2) is 5.96 Å². The van der Waals surface area contributed by atoms with Crippen molar-refractivity contribution in [1.29, 1.82) is 0 Å². The molecule has 1 aromatic carbocycles. The predicted octanol–water partition coefficient (Wildman–Crippen LogP) is 3.72. The van der Waals surface area contributed by atoms with Crippen molar-refractivity contribution >= 4 is 51.4 Å². The zero-order chi connectivity index (χ0) is 21.4. The fraction of sp³-hybridized carbons (Fsp3) is 0.667. The molecule has 0 aliphatic carbocycles. The zero-order valence-corrected chi connectivity index (χ0v) is 22.3. The number of halogens is 2. The summed E-state index contributed by atoms with van der Waals surface area (Å²) >= 11 is 6.24. The number of nitrogens with zero attached hydrogens (tertiary/aromatic N) is 2. The van der Waals surface area contributed by atoms with Gasteiger partial charge in [0.1, 0.15) is 9.84 Å². The normalized spacial score (nSPS) is 21.6. The minimum absolute atomic E-state index is 0. The lowest BCUT2D eigenvalue weighted by molar-refractivity contribution is 0.125. The highest BCUT2D eigenvalue weighted by molar-refractivity contribution is 14.0. The van der Waals surface area contributed by atoms with E-state index in [-0.39, 0.29) is 41.8 Å². The average Bonchev–Trinajstić information content (AvgIpc) is 2.64. The molecule has 9 heteroatoms. The summed E-state index contributed by atoms with van der Waals surface area (Å²) in [4.78, 5) is 7.23. The third kappa shape index (κ3) is 9.28. The van der Waals surface area contributed by atoms with Crippen molar-refractivity contribution in [2.75, 3.05) is 38.7 Å². The van der Waals surface area contributed by atoms with Gasteiger partial charge in [-0.3, -0.25) is 9.89 Å². The Bertz CT molecular complexity index is 791. The topological polar surface area (TPSA) is 73.8 Å². The molecule has 0 aromatic heterocycles. The predicted molar refractivity (Wildman–Crippen MR) is 138 cm³/mol. The standard InChI is InChI=1S/C21H35ClN4O2S.HI/c1-5-23-21(25-16(2)11-13-29(4,27)28)24-15-18-9-7-12-26(3)20(18)17-8-6-10-19(22)14-17;/h6,8,10,14,16,18,20H,5,7,9,11-13,15H2,1-4H3,(H2,23,24,25);1H. The molecule has 1 aromatic rings. The molecule has 0 amide bonds. The molecule has 6 nitrogen and oxygen atoms in total. The van der Waals surface area contributed by atoms with Crippen LogP contribution in [-0.4, -0.2) is 64.0 Å². The molecule has 2 N–H and O–H groups in total. The maximum absolute atomic E-state index is 11.4. The molecular weight excluding hydrogens is 535 g/mol. The number of sulfone groups is 1. The fourth-order valence-electron chi connectivity index (χ4n) is 3.89. The van der Waals surface area contributed by atoms with Gasteiger partial charge in [-0.2, -0.15) is 0 Å². The van der Waals surface area contributed by atoms with Crippen LogP contribution in [0.4, 0.5) is 0 Å². The highest BCUT2D eigenvalue weighted by Crippen LogP contribution is 2.36. The molecule has 0 spiro atoms. The number of hydrogen-bond acceptors (Lipinski definition) is 4. The van der Waals surface area contributed by atoms with Gasteiger partial charge in [-0.1, -0.05) is 23.7 Å². The van der Waals surface area contributed by atoms with E-state index < -0.39 is 9.84 Å². The first-order valence-corrected chi connectivity index (χ1v) is 12.8. The second-order valence-electron chi connectivity index (χ2n) is 8.07. The van der Waals surface area contributed by atoms with Crippen LogP contribution in [0.2, 0.25) is 5.02 Å². The lowest BCUT2D eigenvalue weighted by atomic mass is 9.85. The first kappa shape index (κ1) is 27.5. The van der Waals surface area contributed by atoms with Gasteiger partial charge in [0.05, 0.1) is 5.75 Å². The van der Waals surface area contributed by atoms with Crippen molar-refractivity contribution in [3.8, 4) is 0 Å². The van der Waals surface area contributed by atoms with E-state index in [0.717, 1.165) is 36.9 Å². The van der Waals surface area contributed by atoms with Crippen molar-refractivity contribution < 1.29 is 8.42 Å². The number of piperidine rings is 1. The lowest BCUT2D eigenvalue weighted by Gasteiger charge is -2.39. The van der Waals surface area contributed by atoms with Crippen molar-refractivity contribution in [1.82, 2.24) is 15.5 Å². The third-order valence-corrected chi connectivity index (χ3v) is 6.54. The Labute approximate surface area is 204 Å². The molecule has 0 radical (unpaired) electrons. The van der Waals surface area contributed by atoms with Crippen LogP contribution in [0, 0.1) is 5.92 Å². The summed E-state index contributed by atoms with van der Waals surface area (Å²) in [6.45, 7) is 6.55. The van der Waals surface area contributed by atoms with Crippen LogP contribution >= 0.6 is 35.6 Å². The van der Waals surface area contributed by atoms with Crippen LogP contribution < -0.4 is 10.6 Å². The van der Waals surface area contributed by atoms with Gasteiger partial charge in [0.2, 0.25) is 0 Å². The summed E-state index contributed by atoms with van der Waals surface area (Å²) in [5, 5.41) is 7.39. The number of likely N-dealkylation sites (tertiary alicyclic amines) is 1. The number of benzene rings is 1. The molecule has 0 saturated carbocycles. The summed E-state index contributed by atoms with van der Waals surface area (Å²) in [6.07, 6.45) is 4.10. The minimum Gasteiger partial charge on any atom is -0.357 e. The highest BCUT2D eigenvalue weighted by Gasteiger charge is 2.30. The van der Waals surface area contributed by atoms with Crippen molar-refractivity contribution in [3.63, 3.8) is 0 Å². The Morgan fingerprint density at radius 2 is 2.13 bits per heavy atom. The Balaban J connectivity index is 0.00000450. The fourth-order valence-corrected chi connectivity index (χ4v) is 4.87. The molecule has 3 unspecified atom stereocenters. The van der Waals surface area contributed by atoms with Gasteiger partial charge >= 0.3 is 0 Å². The van der Waals surface area contributed by atoms with Gasteiger partial charge in [0.25, 0.3) is 0 Å². The monoisotopic (exact) mass is 570 g/mol. The van der Waals surface area contributed by atoms with Crippen molar-refractivity contribution in [3.05, 3.63) is 34.9 Å². The summed E-state index contributed by atoms with van der Waals surface area (Å²) in [5.74, 6) is 1.31. The minimum atomic E-state index is -2.96. The van der Waals surface area contributed by atoms with Gasteiger partial charge in [-0.25, -0.2) is 8.42 Å². The lowest BCUT2D eigenvalue weighted by Crippen LogP contribution is -2.43. The smallest absolute Gasteiger partial charge is 0.191 e. The van der Waals surface area contributed by atoms with E-state index in [1.54, 1.807) is 0 Å². The maximum Gasteiger partial charge on any atom is 0.191 e. The largest absolute Gasteiger partial charge is 0.357 e. The molecule has 3 atom stereocenters. The molecule has 30 heavy (non-hydrogen) atoms. The van der Waals surface area contributed by atoms with Crippen LogP contribution in [0.1, 0.15) is 44.7 Å². The van der Waals surface area contributed by atoms with Gasteiger partial charge in [-0.15, -0.1) is 24.0 Å². The van der Waals surface area contributed by atoms with Crippen molar-refractivity contribution in [2.24, 2.45) is 10.9 Å². The maximum atomic E-state index is 11.4. The second kappa shape index (κ2) is 13.1. The summed E-state index contributed by atoms with van der Waals surface area (Å²) in [6, 6.07) is 8.44. The quantitative estimate of drug-likeness (QED) is 0.283. The van der Waals surface area contributed by atoms with E-state index in [0.29, 0.717) is 18.9 Å². The van der Waals surface area contributed by atoms with E-state index in [4.69, 9.17) is 16.6 Å². The molecule has 1 fully saturated rings. The Morgan fingerprint density at radius 3 is 2.77 bits per heavy atom. The van der Waals surface area contributed by atoms with E-state index in [2.05, 4.69) is 34.7 Å². The molecule has 172 valence electrons. The number of aliphatic imine (C=N–C) groups is 1. The Morgan fingerprint density at radius 1 is 1.40 bits per heavy atom. The molecular formula is C21H36ClIN4O2S. The molecule has 1 heterocycles. The van der Waals surface area contributed by atoms with Crippen LogP contribution in [0.25, 0.3) is 0 Å². The van der Waals surface area contributed by atoms with E-state index in [9.17, 15) is 8.42 Å². The number of guanidine groups is 1. The van der Waals surface area contributed by atoms with Crippen LogP contribution in [0.5, 0.6) is 0 Å². The van der Waals surface area contributed by atoms with E-state index in [1.165, 1.54) is 11.8 Å². The average molecular weight is 571 g/mol. The number of nitrogens with one attached hydrogen (secondary N) is 2. The molecule has 0 bridgehead atoms. The van der Waals surface area contributed by atoms with Crippen molar-refractivity contribution in [2.45, 2.75) is 45.2 Å². The second-order valence-corrected chi connectivity index (χ2v) is 10.8. The van der Waals surface area contributed by atoms with Crippen LogP contribution in [0.15, 0.2) is 29.3 Å². The molecule has 1 aliphatic rings. The number of hydrogen-bond donors (Lipinski definition) is 2. The summed E-state index contributed by atoms with van der Waals surface area (Å²) in [7, 11) is -0.796. The Kier molecular flexibility index (Phi) is 12.0. The van der Waals surface area contributed by atoms with Crippen LogP contribution in [0.3, 0.4) is 0 Å². The van der Waals surface area contributed by atoms with Gasteiger partial charge in [-0.05, 0) is 70.3 Å². The first-order chi connectivity index (χ1) is 13.7. The summed E-state index contributed by atoms with van der Waals surface area (Å²) in [5.41, 5.74) is 1.24. The summed E-state index contributed by atoms with van der Waals surface area (Å²) < 4.78 is 22.8.